The smallest absolute Gasteiger partial charge is 0.408 e. The van der Waals surface area contributed by atoms with Gasteiger partial charge in [0, 0.05) is 60.4 Å². The van der Waals surface area contributed by atoms with Crippen molar-refractivity contribution in [1.82, 2.24) is 39.4 Å². The zero-order valence-corrected chi connectivity index (χ0v) is 39.1. The minimum atomic E-state index is -2.03. The van der Waals surface area contributed by atoms with E-state index < -0.39 is 46.9 Å². The van der Waals surface area contributed by atoms with Crippen LogP contribution >= 0.6 is 0 Å². The number of fused-ring (bicyclic) bond motifs is 7. The second-order valence-electron chi connectivity index (χ2n) is 19.5. The topological polar surface area (TPSA) is 234 Å². The second-order valence-corrected chi connectivity index (χ2v) is 19.5. The number of hydrogen-bond acceptors (Lipinski definition) is 13. The number of aryl methyl sites for hydroxylation is 1. The first-order valence-electron chi connectivity index (χ1n) is 23.6. The maximum absolute atomic E-state index is 15.4. The standard InChI is InChI=1S/C51H51FN8O10/c1-6-51(68)35-15-39-44-33(21-59(39)47(64)34(35)22-69-48(51)65)43-37(12-11-30-24(4)36(52)16-38(53-44)42(30)43)54-50(67)70-25(5)46(63)58-20-28-13-29(58)19-57(28)18-26-7-9-27(10-8-26)60-45(55-56-49(60)66)32-14-31(23(2)3)40(61)17-41(32)62/h7-10,14-17,23,25,28-29,37,61-62,68H,6,11-13,18-22H2,1-5H3,(H,54,67)(H,56,66)/t25-,28+,29+,37-,51-/m0/s1. The van der Waals surface area contributed by atoms with Crippen LogP contribution in [0, 0.1) is 12.7 Å². The number of carbonyl (C=O) groups excluding carboxylic acids is 3. The molecule has 3 aromatic heterocycles. The Bertz CT molecular complexity index is 3360. The number of piperazine rings is 1. The number of amides is 2. The largest absolute Gasteiger partial charge is 0.508 e. The van der Waals surface area contributed by atoms with Crippen LogP contribution in [0.5, 0.6) is 11.5 Å². The number of likely N-dealkylation sites (tertiary alicyclic amines) is 2. The quantitative estimate of drug-likeness (QED) is 0.117. The number of aromatic amines is 1. The predicted octanol–water partition coefficient (Wildman–Crippen LogP) is 5.19. The molecule has 70 heavy (non-hydrogen) atoms. The Labute approximate surface area is 399 Å². The molecule has 0 spiro atoms. The van der Waals surface area contributed by atoms with Gasteiger partial charge in [0.25, 0.3) is 11.5 Å². The molecule has 5 aliphatic rings. The van der Waals surface area contributed by atoms with Crippen molar-refractivity contribution in [2.45, 2.75) is 116 Å². The van der Waals surface area contributed by atoms with E-state index in [2.05, 4.69) is 20.4 Å². The number of carbonyl (C=O) groups is 3. The number of alkyl carbamates (subject to hydrolysis) is 1. The van der Waals surface area contributed by atoms with E-state index in [0.29, 0.717) is 88.3 Å². The molecule has 1 aliphatic carbocycles. The molecule has 18 nitrogen and oxygen atoms in total. The second kappa shape index (κ2) is 16.4. The van der Waals surface area contributed by atoms with Gasteiger partial charge in [-0.2, -0.15) is 5.10 Å². The number of esters is 1. The lowest BCUT2D eigenvalue weighted by atomic mass is 9.81. The van der Waals surface area contributed by atoms with Crippen LogP contribution in [0.15, 0.2) is 58.1 Å². The Morgan fingerprint density at radius 3 is 2.50 bits per heavy atom. The van der Waals surface area contributed by atoms with E-state index in [1.54, 1.807) is 37.8 Å². The van der Waals surface area contributed by atoms with Crippen molar-refractivity contribution in [3.05, 3.63) is 120 Å². The summed E-state index contributed by atoms with van der Waals surface area (Å²) < 4.78 is 29.4. The normalized spacial score (nSPS) is 21.5. The molecule has 7 heterocycles. The van der Waals surface area contributed by atoms with E-state index in [1.165, 1.54) is 21.3 Å². The van der Waals surface area contributed by atoms with Crippen LogP contribution in [-0.4, -0.2) is 98.7 Å². The number of phenolic OH excluding ortho intramolecular Hbond substituents is 2. The third-order valence-electron chi connectivity index (χ3n) is 15.2. The number of rotatable bonds is 9. The fourth-order valence-corrected chi connectivity index (χ4v) is 11.5. The summed E-state index contributed by atoms with van der Waals surface area (Å²) in [5.41, 5.74) is 3.38. The molecular weight excluding hydrogens is 904 g/mol. The van der Waals surface area contributed by atoms with Gasteiger partial charge in [-0.1, -0.05) is 32.9 Å². The van der Waals surface area contributed by atoms with E-state index >= 15 is 4.39 Å². The highest BCUT2D eigenvalue weighted by molar-refractivity contribution is 5.94. The van der Waals surface area contributed by atoms with Crippen molar-refractivity contribution in [2.75, 3.05) is 13.1 Å². The maximum Gasteiger partial charge on any atom is 0.408 e. The number of nitrogens with zero attached hydrogens (tertiary/aromatic N) is 6. The number of pyridine rings is 2. The van der Waals surface area contributed by atoms with Crippen LogP contribution in [0.4, 0.5) is 9.18 Å². The van der Waals surface area contributed by atoms with E-state index in [9.17, 15) is 39.3 Å². The summed E-state index contributed by atoms with van der Waals surface area (Å²) in [5, 5.41) is 42.8. The third kappa shape index (κ3) is 6.91. The lowest BCUT2D eigenvalue weighted by Crippen LogP contribution is -2.51. The van der Waals surface area contributed by atoms with E-state index in [-0.39, 0.29) is 71.9 Å². The predicted molar refractivity (Wildman–Crippen MR) is 251 cm³/mol. The number of phenols is 2. The molecule has 2 fully saturated rings. The molecule has 6 aromatic rings. The van der Waals surface area contributed by atoms with Gasteiger partial charge in [-0.05, 0) is 97.5 Å². The van der Waals surface area contributed by atoms with Crippen molar-refractivity contribution < 1.29 is 43.6 Å². The molecule has 0 radical (unpaired) electrons. The van der Waals surface area contributed by atoms with Crippen LogP contribution in [0.2, 0.25) is 0 Å². The van der Waals surface area contributed by atoms with E-state index in [4.69, 9.17) is 14.5 Å². The van der Waals surface area contributed by atoms with Crippen LogP contribution in [0.1, 0.15) is 103 Å². The molecule has 11 rings (SSSR count). The molecule has 5 N–H and O–H groups in total. The Morgan fingerprint density at radius 2 is 1.79 bits per heavy atom. The van der Waals surface area contributed by atoms with Crippen LogP contribution < -0.4 is 16.6 Å². The molecule has 4 aliphatic heterocycles. The fraction of sp³-hybridized carbons (Fsp3) is 0.392. The Hall–Kier alpha value is -7.38. The van der Waals surface area contributed by atoms with Gasteiger partial charge >= 0.3 is 17.8 Å². The minimum Gasteiger partial charge on any atom is -0.508 e. The van der Waals surface area contributed by atoms with Gasteiger partial charge in [-0.15, -0.1) is 0 Å². The zero-order valence-electron chi connectivity index (χ0n) is 39.1. The first kappa shape index (κ1) is 45.1. The first-order valence-corrected chi connectivity index (χ1v) is 23.6. The molecule has 0 saturated carbocycles. The minimum absolute atomic E-state index is 0.0269. The molecule has 2 bridgehead atoms. The van der Waals surface area contributed by atoms with Crippen molar-refractivity contribution in [3.63, 3.8) is 0 Å². The number of aromatic nitrogens is 5. The van der Waals surface area contributed by atoms with Gasteiger partial charge in [0.15, 0.2) is 17.5 Å². The summed E-state index contributed by atoms with van der Waals surface area (Å²) in [6.07, 6.45) is -0.389. The summed E-state index contributed by atoms with van der Waals surface area (Å²) in [5.74, 6) is -1.69. The van der Waals surface area contributed by atoms with Gasteiger partial charge in [-0.3, -0.25) is 14.5 Å². The van der Waals surface area contributed by atoms with Gasteiger partial charge in [0.1, 0.15) is 23.9 Å². The summed E-state index contributed by atoms with van der Waals surface area (Å²) in [6.45, 7) is 10.1. The average molecular weight is 955 g/mol. The number of nitrogens with one attached hydrogen (secondary N) is 2. The number of halogens is 1. The lowest BCUT2D eigenvalue weighted by molar-refractivity contribution is -0.172. The number of ether oxygens (including phenoxy) is 2. The van der Waals surface area contributed by atoms with Gasteiger partial charge in [0.2, 0.25) is 0 Å². The summed E-state index contributed by atoms with van der Waals surface area (Å²) >= 11 is 0. The highest BCUT2D eigenvalue weighted by atomic mass is 19.1. The third-order valence-corrected chi connectivity index (χ3v) is 15.2. The molecule has 0 unspecified atom stereocenters. The molecule has 2 saturated heterocycles. The summed E-state index contributed by atoms with van der Waals surface area (Å²) in [4.78, 5) is 76.5. The summed E-state index contributed by atoms with van der Waals surface area (Å²) in [6, 6.07) is 12.6. The molecule has 2 amide bonds. The van der Waals surface area contributed by atoms with Gasteiger partial charge in [-0.25, -0.2) is 33.4 Å². The van der Waals surface area contributed by atoms with Crippen LogP contribution in [0.25, 0.3) is 39.4 Å². The molecular formula is C51H51FN8O10. The van der Waals surface area contributed by atoms with E-state index in [0.717, 1.165) is 17.5 Å². The van der Waals surface area contributed by atoms with Crippen molar-refractivity contribution in [2.24, 2.45) is 0 Å². The van der Waals surface area contributed by atoms with Crippen molar-refractivity contribution in [3.8, 4) is 40.0 Å². The lowest BCUT2D eigenvalue weighted by Gasteiger charge is -2.35. The molecule has 3 aromatic carbocycles. The fourth-order valence-electron chi connectivity index (χ4n) is 11.5. The SMILES string of the molecule is CC[C@@]1(O)C(=O)OCc2c1cc1n(c2=O)Cc2c-1nc1cc(F)c(C)c3c1c2[C@@H](NC(=O)O[C@@H](C)C(=O)N1C[C@H]2C[C@@H]1CN2Cc1ccc(-n2c(-c4cc(C(C)C)c(O)cc4O)n[nH]c2=O)cc1)CC3. The van der Waals surface area contributed by atoms with Crippen molar-refractivity contribution in [1.29, 1.82) is 0 Å². The molecule has 362 valence electrons. The number of hydrogen-bond donors (Lipinski definition) is 5. The number of aliphatic hydroxyl groups is 1. The first-order chi connectivity index (χ1) is 33.4. The maximum atomic E-state index is 15.4. The number of benzene rings is 3. The van der Waals surface area contributed by atoms with Gasteiger partial charge in [0.05, 0.1) is 46.3 Å². The average Bonchev–Trinajstić information content (AvgIpc) is 4.12. The molecule has 19 heteroatoms. The highest BCUT2D eigenvalue weighted by Gasteiger charge is 2.48. The van der Waals surface area contributed by atoms with Crippen LogP contribution in [-0.2, 0) is 50.8 Å². The number of aromatic hydroxyl groups is 2. The number of H-pyrrole nitrogens is 1. The number of cyclic esters (lactones) is 1. The summed E-state index contributed by atoms with van der Waals surface area (Å²) in [7, 11) is 0. The molecule has 5 atom stereocenters. The van der Waals surface area contributed by atoms with Crippen LogP contribution in [0.3, 0.4) is 0 Å². The van der Waals surface area contributed by atoms with E-state index in [1.807, 2.05) is 38.1 Å². The van der Waals surface area contributed by atoms with Crippen molar-refractivity contribution >= 4 is 28.9 Å². The Morgan fingerprint density at radius 1 is 1.01 bits per heavy atom. The monoisotopic (exact) mass is 954 g/mol. The zero-order chi connectivity index (χ0) is 49.2. The highest BCUT2D eigenvalue weighted by Crippen LogP contribution is 2.46. The Balaban J connectivity index is 0.773. The Kier molecular flexibility index (Phi) is 10.5. The van der Waals surface area contributed by atoms with Gasteiger partial charge < -0.3 is 39.6 Å².